The summed E-state index contributed by atoms with van der Waals surface area (Å²) < 4.78 is 54.1. The molecule has 1 aromatic rings. The number of rotatable bonds is 4. The highest BCUT2D eigenvalue weighted by Crippen LogP contribution is 2.15. The Hall–Kier alpha value is -1.15. The molecule has 0 bridgehead atoms. The Labute approximate surface area is 120 Å². The van der Waals surface area contributed by atoms with Gasteiger partial charge in [-0.1, -0.05) is 43.1 Å². The van der Waals surface area contributed by atoms with Gasteiger partial charge in [-0.3, -0.25) is 4.79 Å². The molecule has 1 aromatic carbocycles. The number of hydrogen-bond acceptors (Lipinski definition) is 2. The van der Waals surface area contributed by atoms with Gasteiger partial charge < -0.3 is 4.90 Å². The molecule has 18 heavy (non-hydrogen) atoms. The van der Waals surface area contributed by atoms with Gasteiger partial charge in [-0.2, -0.15) is 0 Å². The molecule has 0 radical (unpaired) electrons. The zero-order valence-corrected chi connectivity index (χ0v) is 10.7. The maximum absolute atomic E-state index is 12.8. The molecule has 2 heteroatoms. The molecule has 1 atom stereocenters. The van der Waals surface area contributed by atoms with Crippen molar-refractivity contribution in [3.05, 3.63) is 35.3 Å². The first kappa shape index (κ1) is 6.85. The fourth-order valence-corrected chi connectivity index (χ4v) is 2.29. The molecular formula is C16H23NO. The quantitative estimate of drug-likeness (QED) is 0.766. The average molecular weight is 252 g/mol. The molecule has 0 aromatic heterocycles. The maximum Gasteiger partial charge on any atom is 0.166 e. The highest BCUT2D eigenvalue weighted by atomic mass is 16.1. The van der Waals surface area contributed by atoms with Gasteiger partial charge in [-0.05, 0) is 32.8 Å². The van der Waals surface area contributed by atoms with Crippen LogP contribution in [-0.4, -0.2) is 30.3 Å². The molecule has 2 rings (SSSR count). The van der Waals surface area contributed by atoms with Gasteiger partial charge in [0.2, 0.25) is 0 Å². The van der Waals surface area contributed by atoms with Crippen molar-refractivity contribution in [3.63, 3.8) is 0 Å². The SMILES string of the molecule is [2H]c1c([2H])c(C([2H])([2H])[2H])c([2H])c([2H])c1C(=O)[C@H](C)CN1CCCCC1. The Kier molecular flexibility index (Phi) is 2.34. The molecule has 1 saturated heterocycles. The van der Waals surface area contributed by atoms with Crippen molar-refractivity contribution in [1.29, 1.82) is 0 Å². The molecule has 0 unspecified atom stereocenters. The highest BCUT2D eigenvalue weighted by molar-refractivity contribution is 5.97. The van der Waals surface area contributed by atoms with Gasteiger partial charge >= 0.3 is 0 Å². The first-order valence-corrected chi connectivity index (χ1v) is 6.43. The van der Waals surface area contributed by atoms with Crippen LogP contribution in [0, 0.1) is 12.8 Å². The molecule has 1 fully saturated rings. The lowest BCUT2D eigenvalue weighted by molar-refractivity contribution is 0.0883. The molecule has 0 amide bonds. The van der Waals surface area contributed by atoms with Crippen LogP contribution in [-0.2, 0) is 0 Å². The number of carbonyl (C=O) groups excluding carboxylic acids is 1. The minimum atomic E-state index is -2.76. The number of ketones is 1. The van der Waals surface area contributed by atoms with Crippen molar-refractivity contribution >= 4 is 5.78 Å². The summed E-state index contributed by atoms with van der Waals surface area (Å²) in [5, 5.41) is 0. The summed E-state index contributed by atoms with van der Waals surface area (Å²) in [5.41, 5.74) is -0.949. The van der Waals surface area contributed by atoms with Crippen molar-refractivity contribution in [2.45, 2.75) is 33.0 Å². The summed E-state index contributed by atoms with van der Waals surface area (Å²) >= 11 is 0. The normalized spacial score (nSPS) is 24.8. The van der Waals surface area contributed by atoms with Crippen molar-refractivity contribution < 1.29 is 14.4 Å². The molecule has 0 spiro atoms. The molecule has 1 heterocycles. The summed E-state index contributed by atoms with van der Waals surface area (Å²) in [6.07, 6.45) is 3.33. The van der Waals surface area contributed by atoms with Crippen LogP contribution < -0.4 is 0 Å². The summed E-state index contributed by atoms with van der Waals surface area (Å²) in [6.45, 7) is 1.26. The van der Waals surface area contributed by atoms with E-state index in [1.165, 1.54) is 6.42 Å². The van der Waals surface area contributed by atoms with E-state index in [1.54, 1.807) is 6.92 Å². The second kappa shape index (κ2) is 6.14. The van der Waals surface area contributed by atoms with Crippen LogP contribution in [0.25, 0.3) is 0 Å². The van der Waals surface area contributed by atoms with Gasteiger partial charge in [0, 0.05) is 22.1 Å². The van der Waals surface area contributed by atoms with Gasteiger partial charge in [0.1, 0.15) is 0 Å². The molecule has 0 N–H and O–H groups in total. The molecular weight excluding hydrogens is 222 g/mol. The number of nitrogens with zero attached hydrogens (tertiary/aromatic N) is 1. The average Bonchev–Trinajstić information content (AvgIpc) is 2.53. The second-order valence-corrected chi connectivity index (χ2v) is 4.88. The lowest BCUT2D eigenvalue weighted by Gasteiger charge is -2.28. The van der Waals surface area contributed by atoms with Crippen LogP contribution in [0.4, 0.5) is 0 Å². The number of likely N-dealkylation sites (tertiary alicyclic amines) is 1. The standard InChI is InChI=1S/C16H23NO/c1-13-6-8-15(9-7-13)16(18)14(2)12-17-10-4-3-5-11-17/h6-9,14H,3-5,10-12H2,1-2H3/t14-/m1/s1/i1D3,6D,7D,8D,9D. The van der Waals surface area contributed by atoms with E-state index in [4.69, 9.17) is 9.60 Å². The van der Waals surface area contributed by atoms with Gasteiger partial charge in [0.15, 0.2) is 5.78 Å². The van der Waals surface area contributed by atoms with Crippen LogP contribution >= 0.6 is 0 Å². The minimum absolute atomic E-state index is 0.312. The van der Waals surface area contributed by atoms with Gasteiger partial charge in [-0.15, -0.1) is 0 Å². The van der Waals surface area contributed by atoms with Crippen molar-refractivity contribution in [3.8, 4) is 0 Å². The second-order valence-electron chi connectivity index (χ2n) is 4.88. The van der Waals surface area contributed by atoms with E-state index in [2.05, 4.69) is 4.90 Å². The van der Waals surface area contributed by atoms with Gasteiger partial charge in [0.25, 0.3) is 0 Å². The monoisotopic (exact) mass is 252 g/mol. The van der Waals surface area contributed by atoms with E-state index in [-0.39, 0.29) is 5.56 Å². The van der Waals surface area contributed by atoms with E-state index >= 15 is 0 Å². The zero-order chi connectivity index (χ0) is 18.9. The Morgan fingerprint density at radius 1 is 1.33 bits per heavy atom. The third kappa shape index (κ3) is 3.42. The summed E-state index contributed by atoms with van der Waals surface area (Å²) in [6, 6.07) is -2.45. The third-order valence-corrected chi connectivity index (χ3v) is 3.30. The first-order chi connectivity index (χ1) is 11.6. The maximum atomic E-state index is 12.8. The van der Waals surface area contributed by atoms with Crippen LogP contribution in [0.15, 0.2) is 24.2 Å². The van der Waals surface area contributed by atoms with E-state index in [1.807, 2.05) is 0 Å². The Morgan fingerprint density at radius 2 is 2.00 bits per heavy atom. The highest BCUT2D eigenvalue weighted by Gasteiger charge is 2.19. The Bertz CT molecular complexity index is 636. The minimum Gasteiger partial charge on any atom is -0.303 e. The fraction of sp³-hybridized carbons (Fsp3) is 0.562. The summed E-state index contributed by atoms with van der Waals surface area (Å²) in [4.78, 5) is 14.9. The molecule has 1 aliphatic heterocycles. The van der Waals surface area contributed by atoms with Crippen LogP contribution in [0.1, 0.15) is 51.7 Å². The van der Waals surface area contributed by atoms with E-state index in [0.717, 1.165) is 25.9 Å². The van der Waals surface area contributed by atoms with Crippen molar-refractivity contribution in [1.82, 2.24) is 4.90 Å². The number of benzene rings is 1. The smallest absolute Gasteiger partial charge is 0.166 e. The zero-order valence-electron chi connectivity index (χ0n) is 17.7. The number of Topliss-reactive ketones (excluding diaryl/α,β-unsaturated/α-hetero) is 1. The molecule has 1 aliphatic rings. The topological polar surface area (TPSA) is 20.3 Å². The van der Waals surface area contributed by atoms with Crippen molar-refractivity contribution in [2.24, 2.45) is 5.92 Å². The van der Waals surface area contributed by atoms with Crippen molar-refractivity contribution in [2.75, 3.05) is 19.6 Å². The predicted molar refractivity (Wildman–Crippen MR) is 75.0 cm³/mol. The van der Waals surface area contributed by atoms with E-state index in [0.29, 0.717) is 6.54 Å². The summed E-state index contributed by atoms with van der Waals surface area (Å²) in [5.74, 6) is -0.955. The van der Waals surface area contributed by atoms with Gasteiger partial charge in [-0.25, -0.2) is 0 Å². The summed E-state index contributed by atoms with van der Waals surface area (Å²) in [7, 11) is 0. The molecule has 0 saturated carbocycles. The first-order valence-electron chi connectivity index (χ1n) is 9.93. The number of carbonyl (C=O) groups is 1. The Balaban J connectivity index is 2.36. The molecule has 0 aliphatic carbocycles. The van der Waals surface area contributed by atoms with E-state index in [9.17, 15) is 4.79 Å². The van der Waals surface area contributed by atoms with Gasteiger partial charge in [0.05, 0.1) is 5.48 Å². The fourth-order valence-electron chi connectivity index (χ4n) is 2.29. The Morgan fingerprint density at radius 3 is 2.61 bits per heavy atom. The molecule has 2 nitrogen and oxygen atoms in total. The lowest BCUT2D eigenvalue weighted by Crippen LogP contribution is -2.35. The van der Waals surface area contributed by atoms with Crippen LogP contribution in [0.2, 0.25) is 0 Å². The predicted octanol–water partition coefficient (Wildman–Crippen LogP) is 3.30. The largest absolute Gasteiger partial charge is 0.303 e. The third-order valence-electron chi connectivity index (χ3n) is 3.30. The number of hydrogen-bond donors (Lipinski definition) is 0. The molecule has 98 valence electrons. The van der Waals surface area contributed by atoms with Crippen LogP contribution in [0.5, 0.6) is 0 Å². The lowest BCUT2D eigenvalue weighted by atomic mass is 9.97. The number of piperidine rings is 1. The van der Waals surface area contributed by atoms with E-state index < -0.39 is 48.3 Å². The van der Waals surface area contributed by atoms with Crippen LogP contribution in [0.3, 0.4) is 0 Å².